The van der Waals surface area contributed by atoms with E-state index in [1.54, 1.807) is 0 Å². The molecular formula is C12H11NO4S. The van der Waals surface area contributed by atoms with Crippen molar-refractivity contribution in [1.29, 1.82) is 0 Å². The topological polar surface area (TPSA) is 76.4 Å². The lowest BCUT2D eigenvalue weighted by Gasteiger charge is -2.06. The van der Waals surface area contributed by atoms with Gasteiger partial charge in [0.25, 0.3) is 15.7 Å². The Bertz CT molecular complexity index is 704. The minimum Gasteiger partial charge on any atom is -0.311 e. The van der Waals surface area contributed by atoms with E-state index in [1.807, 2.05) is 30.3 Å². The Balaban J connectivity index is 2.35. The average Bonchev–Trinajstić information content (AvgIpc) is 2.32. The summed E-state index contributed by atoms with van der Waals surface area (Å²) in [6, 6.07) is 11.4. The van der Waals surface area contributed by atoms with Crippen molar-refractivity contribution in [2.24, 2.45) is 0 Å². The van der Waals surface area contributed by atoms with Crippen LogP contribution >= 0.6 is 0 Å². The summed E-state index contributed by atoms with van der Waals surface area (Å²) in [6.07, 6.45) is 1.35. The third kappa shape index (κ3) is 2.85. The lowest BCUT2D eigenvalue weighted by Crippen LogP contribution is -2.20. The molecule has 0 amide bonds. The van der Waals surface area contributed by atoms with Crippen molar-refractivity contribution in [1.82, 2.24) is 4.57 Å². The first-order valence-electron chi connectivity index (χ1n) is 5.19. The van der Waals surface area contributed by atoms with Crippen LogP contribution in [0.25, 0.3) is 0 Å². The Hall–Kier alpha value is -1.92. The molecular weight excluding hydrogens is 254 g/mol. The number of hydrogen-bond donors (Lipinski definition) is 1. The molecule has 1 heterocycles. The molecule has 0 fully saturated rings. The van der Waals surface area contributed by atoms with Crippen LogP contribution in [-0.4, -0.2) is 17.5 Å². The summed E-state index contributed by atoms with van der Waals surface area (Å²) >= 11 is 0. The first kappa shape index (κ1) is 12.5. The summed E-state index contributed by atoms with van der Waals surface area (Å²) in [6.45, 7) is 0.353. The summed E-state index contributed by atoms with van der Waals surface area (Å²) in [4.78, 5) is 11.3. The Labute approximate surface area is 104 Å². The first-order valence-corrected chi connectivity index (χ1v) is 6.63. The Morgan fingerprint density at radius 2 is 1.78 bits per heavy atom. The van der Waals surface area contributed by atoms with Gasteiger partial charge in [0, 0.05) is 12.3 Å². The van der Waals surface area contributed by atoms with Gasteiger partial charge in [0.1, 0.15) is 4.90 Å². The quantitative estimate of drug-likeness (QED) is 0.844. The van der Waals surface area contributed by atoms with E-state index in [4.69, 9.17) is 4.55 Å². The van der Waals surface area contributed by atoms with Gasteiger partial charge in [-0.3, -0.25) is 9.35 Å². The maximum absolute atomic E-state index is 11.7. The van der Waals surface area contributed by atoms with E-state index in [0.29, 0.717) is 6.54 Å². The van der Waals surface area contributed by atoms with Crippen molar-refractivity contribution in [3.63, 3.8) is 0 Å². The molecule has 2 aromatic rings. The van der Waals surface area contributed by atoms with Gasteiger partial charge in [-0.2, -0.15) is 8.42 Å². The summed E-state index contributed by atoms with van der Waals surface area (Å²) in [7, 11) is -4.33. The smallest absolute Gasteiger partial charge is 0.294 e. The number of pyridine rings is 1. The van der Waals surface area contributed by atoms with Crippen molar-refractivity contribution in [3.8, 4) is 0 Å². The molecule has 18 heavy (non-hydrogen) atoms. The van der Waals surface area contributed by atoms with Crippen LogP contribution in [0.2, 0.25) is 0 Å². The largest absolute Gasteiger partial charge is 0.311 e. The normalized spacial score (nSPS) is 11.4. The number of aromatic nitrogens is 1. The number of rotatable bonds is 3. The summed E-state index contributed by atoms with van der Waals surface area (Å²) in [5.41, 5.74) is 0.452. The minimum atomic E-state index is -4.33. The molecule has 5 nitrogen and oxygen atoms in total. The molecule has 0 aliphatic carbocycles. The maximum Gasteiger partial charge on any atom is 0.294 e. The highest BCUT2D eigenvalue weighted by Gasteiger charge is 2.10. The fraction of sp³-hybridized carbons (Fsp3) is 0.0833. The number of nitrogens with zero attached hydrogens (tertiary/aromatic N) is 1. The van der Waals surface area contributed by atoms with Gasteiger partial charge >= 0.3 is 0 Å². The zero-order chi connectivity index (χ0) is 13.2. The van der Waals surface area contributed by atoms with Gasteiger partial charge in [0.05, 0.1) is 6.54 Å². The second kappa shape index (κ2) is 4.75. The SMILES string of the molecule is O=c1cc(S(=O)(=O)O)ccn1Cc1ccccc1. The Kier molecular flexibility index (Phi) is 3.31. The van der Waals surface area contributed by atoms with Crippen molar-refractivity contribution < 1.29 is 13.0 Å². The minimum absolute atomic E-state index is 0.353. The highest BCUT2D eigenvalue weighted by atomic mass is 32.2. The molecule has 0 saturated heterocycles. The van der Waals surface area contributed by atoms with Gasteiger partial charge in [0.15, 0.2) is 0 Å². The van der Waals surface area contributed by atoms with Gasteiger partial charge in [-0.1, -0.05) is 30.3 Å². The highest BCUT2D eigenvalue weighted by molar-refractivity contribution is 7.85. The molecule has 1 aromatic carbocycles. The van der Waals surface area contributed by atoms with Crippen LogP contribution in [0.5, 0.6) is 0 Å². The van der Waals surface area contributed by atoms with Gasteiger partial charge in [-0.05, 0) is 11.6 Å². The van der Waals surface area contributed by atoms with Gasteiger partial charge < -0.3 is 4.57 Å². The molecule has 0 unspecified atom stereocenters. The zero-order valence-corrected chi connectivity index (χ0v) is 10.2. The Morgan fingerprint density at radius 3 is 2.33 bits per heavy atom. The van der Waals surface area contributed by atoms with Crippen LogP contribution < -0.4 is 5.56 Å². The van der Waals surface area contributed by atoms with Crippen LogP contribution in [0.1, 0.15) is 5.56 Å². The predicted molar refractivity (Wildman–Crippen MR) is 66.1 cm³/mol. The summed E-state index contributed by atoms with van der Waals surface area (Å²) in [5, 5.41) is 0. The number of hydrogen-bond acceptors (Lipinski definition) is 3. The van der Waals surface area contributed by atoms with Crippen molar-refractivity contribution in [2.75, 3.05) is 0 Å². The highest BCUT2D eigenvalue weighted by Crippen LogP contribution is 2.05. The molecule has 1 N–H and O–H groups in total. The second-order valence-corrected chi connectivity index (χ2v) is 5.21. The molecule has 0 spiro atoms. The van der Waals surface area contributed by atoms with Crippen LogP contribution in [0, 0.1) is 0 Å². The molecule has 0 saturated carbocycles. The lowest BCUT2D eigenvalue weighted by molar-refractivity contribution is 0.482. The van der Waals surface area contributed by atoms with Crippen LogP contribution in [0.3, 0.4) is 0 Å². The van der Waals surface area contributed by atoms with Gasteiger partial charge in [-0.25, -0.2) is 0 Å². The van der Waals surface area contributed by atoms with Gasteiger partial charge in [0.2, 0.25) is 0 Å². The maximum atomic E-state index is 11.7. The average molecular weight is 265 g/mol. The standard InChI is InChI=1S/C12H11NO4S/c14-12-8-11(18(15,16)17)6-7-13(12)9-10-4-2-1-3-5-10/h1-8H,9H2,(H,15,16,17). The molecule has 0 aliphatic rings. The molecule has 94 valence electrons. The number of benzene rings is 1. The van der Waals surface area contributed by atoms with E-state index in [2.05, 4.69) is 0 Å². The molecule has 0 atom stereocenters. The third-order valence-electron chi connectivity index (χ3n) is 2.46. The van der Waals surface area contributed by atoms with Crippen molar-refractivity contribution in [2.45, 2.75) is 11.4 Å². The lowest BCUT2D eigenvalue weighted by atomic mass is 10.2. The van der Waals surface area contributed by atoms with E-state index >= 15 is 0 Å². The Morgan fingerprint density at radius 1 is 1.11 bits per heavy atom. The van der Waals surface area contributed by atoms with E-state index in [1.165, 1.54) is 16.8 Å². The van der Waals surface area contributed by atoms with Crippen molar-refractivity contribution >= 4 is 10.1 Å². The summed E-state index contributed by atoms with van der Waals surface area (Å²) < 4.78 is 31.9. The molecule has 0 radical (unpaired) electrons. The predicted octanol–water partition coefficient (Wildman–Crippen LogP) is 1.14. The van der Waals surface area contributed by atoms with E-state index in [9.17, 15) is 13.2 Å². The molecule has 0 aliphatic heterocycles. The zero-order valence-electron chi connectivity index (χ0n) is 9.35. The van der Waals surface area contributed by atoms with Crippen LogP contribution in [0.15, 0.2) is 58.4 Å². The van der Waals surface area contributed by atoms with E-state index < -0.39 is 20.6 Å². The molecule has 0 bridgehead atoms. The monoisotopic (exact) mass is 265 g/mol. The molecule has 6 heteroatoms. The molecule has 1 aromatic heterocycles. The van der Waals surface area contributed by atoms with E-state index in [0.717, 1.165) is 11.6 Å². The summed E-state index contributed by atoms with van der Waals surface area (Å²) in [5.74, 6) is 0. The third-order valence-corrected chi connectivity index (χ3v) is 3.31. The van der Waals surface area contributed by atoms with E-state index in [-0.39, 0.29) is 0 Å². The van der Waals surface area contributed by atoms with Crippen LogP contribution in [0.4, 0.5) is 0 Å². The fourth-order valence-corrected chi connectivity index (χ4v) is 2.04. The molecule has 2 rings (SSSR count). The fourth-order valence-electron chi connectivity index (χ4n) is 1.56. The van der Waals surface area contributed by atoms with Crippen LogP contribution in [-0.2, 0) is 16.7 Å². The van der Waals surface area contributed by atoms with Gasteiger partial charge in [-0.15, -0.1) is 0 Å². The first-order chi connectivity index (χ1) is 8.47. The second-order valence-electron chi connectivity index (χ2n) is 3.79. The van der Waals surface area contributed by atoms with Crippen molar-refractivity contribution in [3.05, 3.63) is 64.6 Å².